The number of hydrogen-bond donors (Lipinski definition) is 2. The van der Waals surface area contributed by atoms with Gasteiger partial charge in [-0.15, -0.1) is 0 Å². The highest BCUT2D eigenvalue weighted by Crippen LogP contribution is 2.24. The third kappa shape index (κ3) is 2.63. The summed E-state index contributed by atoms with van der Waals surface area (Å²) < 4.78 is 0. The molecule has 1 aromatic heterocycles. The van der Waals surface area contributed by atoms with Crippen molar-refractivity contribution in [3.05, 3.63) is 58.4 Å². The Morgan fingerprint density at radius 3 is 2.85 bits per heavy atom. The van der Waals surface area contributed by atoms with Crippen molar-refractivity contribution in [2.24, 2.45) is 0 Å². The van der Waals surface area contributed by atoms with E-state index in [-0.39, 0.29) is 0 Å². The number of nitrogens with two attached hydrogens (primary N) is 1. The topological polar surface area (TPSA) is 54.7 Å². The molecule has 0 bridgehead atoms. The van der Waals surface area contributed by atoms with Gasteiger partial charge in [0.05, 0.1) is 11.2 Å². The van der Waals surface area contributed by atoms with Gasteiger partial charge in [-0.2, -0.15) is 0 Å². The molecule has 0 radical (unpaired) electrons. The highest BCUT2D eigenvalue weighted by molar-refractivity contribution is 6.31. The van der Waals surface area contributed by atoms with Crippen LogP contribution in [0.25, 0.3) is 11.0 Å². The first-order chi connectivity index (χ1) is 9.61. The van der Waals surface area contributed by atoms with Crippen LogP contribution in [0, 0.1) is 6.92 Å². The van der Waals surface area contributed by atoms with E-state index in [0.29, 0.717) is 10.7 Å². The van der Waals surface area contributed by atoms with E-state index in [2.05, 4.69) is 41.2 Å². The van der Waals surface area contributed by atoms with E-state index in [1.165, 1.54) is 11.1 Å². The molecule has 4 heteroatoms. The fraction of sp³-hybridized carbons (Fsp3) is 0.188. The molecule has 3 aromatic rings. The third-order valence-electron chi connectivity index (χ3n) is 3.36. The van der Waals surface area contributed by atoms with Crippen molar-refractivity contribution < 1.29 is 0 Å². The summed E-state index contributed by atoms with van der Waals surface area (Å²) in [4.78, 5) is 7.84. The summed E-state index contributed by atoms with van der Waals surface area (Å²) in [5.41, 5.74) is 10.8. The predicted octanol–water partition coefficient (Wildman–Crippen LogP) is 3.89. The van der Waals surface area contributed by atoms with Crippen LogP contribution in [-0.2, 0) is 12.8 Å². The van der Waals surface area contributed by atoms with Crippen LogP contribution in [0.4, 0.5) is 5.69 Å². The van der Waals surface area contributed by atoms with Crippen molar-refractivity contribution in [2.75, 3.05) is 5.73 Å². The standard InChI is InChI=1S/C16H16ClN3/c1-10-3-2-4-11(7-10)5-6-15-19-14-9-12(17)8-13(18)16(14)20-15/h2-4,7-9H,5-6,18H2,1H3,(H,19,20). The lowest BCUT2D eigenvalue weighted by atomic mass is 10.1. The zero-order chi connectivity index (χ0) is 14.1. The molecule has 3 nitrogen and oxygen atoms in total. The highest BCUT2D eigenvalue weighted by atomic mass is 35.5. The van der Waals surface area contributed by atoms with E-state index < -0.39 is 0 Å². The number of nitrogen functional groups attached to an aromatic ring is 1. The summed E-state index contributed by atoms with van der Waals surface area (Å²) in [5.74, 6) is 0.940. The van der Waals surface area contributed by atoms with Crippen molar-refractivity contribution in [1.82, 2.24) is 9.97 Å². The number of fused-ring (bicyclic) bond motifs is 1. The van der Waals surface area contributed by atoms with E-state index in [4.69, 9.17) is 17.3 Å². The summed E-state index contributed by atoms with van der Waals surface area (Å²) >= 11 is 6.00. The van der Waals surface area contributed by atoms with Gasteiger partial charge in [0, 0.05) is 11.4 Å². The number of nitrogens with one attached hydrogen (secondary N) is 1. The average molecular weight is 286 g/mol. The molecule has 0 saturated heterocycles. The second-order valence-corrected chi connectivity index (χ2v) is 5.50. The molecule has 0 aliphatic rings. The Bertz CT molecular complexity index is 762. The molecule has 0 unspecified atom stereocenters. The number of benzene rings is 2. The molecule has 1 heterocycles. The van der Waals surface area contributed by atoms with Crippen LogP contribution in [0.1, 0.15) is 17.0 Å². The first-order valence-corrected chi connectivity index (χ1v) is 6.99. The molecular formula is C16H16ClN3. The van der Waals surface area contributed by atoms with Crippen molar-refractivity contribution in [2.45, 2.75) is 19.8 Å². The Balaban J connectivity index is 1.83. The molecular weight excluding hydrogens is 270 g/mol. The van der Waals surface area contributed by atoms with Gasteiger partial charge in [0.25, 0.3) is 0 Å². The highest BCUT2D eigenvalue weighted by Gasteiger charge is 2.07. The number of halogens is 1. The van der Waals surface area contributed by atoms with Gasteiger partial charge in [0.15, 0.2) is 0 Å². The van der Waals surface area contributed by atoms with Crippen molar-refractivity contribution in [3.63, 3.8) is 0 Å². The lowest BCUT2D eigenvalue weighted by Gasteiger charge is -2.00. The van der Waals surface area contributed by atoms with Gasteiger partial charge in [-0.3, -0.25) is 0 Å². The lowest BCUT2D eigenvalue weighted by molar-refractivity contribution is 0.889. The zero-order valence-corrected chi connectivity index (χ0v) is 12.0. The fourth-order valence-electron chi connectivity index (χ4n) is 2.41. The number of hydrogen-bond acceptors (Lipinski definition) is 2. The normalized spacial score (nSPS) is 11.1. The summed E-state index contributed by atoms with van der Waals surface area (Å²) in [6.45, 7) is 2.10. The summed E-state index contributed by atoms with van der Waals surface area (Å²) in [6.07, 6.45) is 1.81. The van der Waals surface area contributed by atoms with Crippen LogP contribution in [0.3, 0.4) is 0 Å². The quantitative estimate of drug-likeness (QED) is 0.717. The maximum atomic E-state index is 6.00. The van der Waals surface area contributed by atoms with E-state index in [0.717, 1.165) is 29.7 Å². The van der Waals surface area contributed by atoms with Crippen LogP contribution in [0.15, 0.2) is 36.4 Å². The van der Waals surface area contributed by atoms with Gasteiger partial charge in [0.2, 0.25) is 0 Å². The molecule has 0 amide bonds. The Labute approximate surface area is 122 Å². The smallest absolute Gasteiger partial charge is 0.112 e. The van der Waals surface area contributed by atoms with Crippen molar-refractivity contribution in [3.8, 4) is 0 Å². The Morgan fingerprint density at radius 2 is 2.05 bits per heavy atom. The molecule has 0 saturated carbocycles. The summed E-state index contributed by atoms with van der Waals surface area (Å²) in [7, 11) is 0. The van der Waals surface area contributed by atoms with Crippen molar-refractivity contribution >= 4 is 28.3 Å². The minimum Gasteiger partial charge on any atom is -0.397 e. The van der Waals surface area contributed by atoms with E-state index in [9.17, 15) is 0 Å². The lowest BCUT2D eigenvalue weighted by Crippen LogP contribution is -1.93. The summed E-state index contributed by atoms with van der Waals surface area (Å²) in [5, 5.41) is 0.629. The van der Waals surface area contributed by atoms with Crippen LogP contribution in [-0.4, -0.2) is 9.97 Å². The molecule has 0 aliphatic heterocycles. The number of H-pyrrole nitrogens is 1. The predicted molar refractivity (Wildman–Crippen MR) is 84.1 cm³/mol. The number of rotatable bonds is 3. The van der Waals surface area contributed by atoms with Gasteiger partial charge in [-0.05, 0) is 31.0 Å². The average Bonchev–Trinajstić information content (AvgIpc) is 2.80. The van der Waals surface area contributed by atoms with Gasteiger partial charge >= 0.3 is 0 Å². The molecule has 0 aliphatic carbocycles. The first-order valence-electron chi connectivity index (χ1n) is 6.61. The fourth-order valence-corrected chi connectivity index (χ4v) is 2.63. The molecule has 2 aromatic carbocycles. The molecule has 0 spiro atoms. The largest absolute Gasteiger partial charge is 0.397 e. The van der Waals surface area contributed by atoms with Crippen LogP contribution in [0.5, 0.6) is 0 Å². The second-order valence-electron chi connectivity index (χ2n) is 5.06. The molecule has 0 fully saturated rings. The molecule has 102 valence electrons. The van der Waals surface area contributed by atoms with Crippen LogP contribution >= 0.6 is 11.6 Å². The molecule has 0 atom stereocenters. The van der Waals surface area contributed by atoms with E-state index in [1.54, 1.807) is 6.07 Å². The maximum absolute atomic E-state index is 6.00. The third-order valence-corrected chi connectivity index (χ3v) is 3.58. The van der Waals surface area contributed by atoms with Crippen molar-refractivity contribution in [1.29, 1.82) is 0 Å². The monoisotopic (exact) mass is 285 g/mol. The number of aryl methyl sites for hydroxylation is 3. The number of aromatic nitrogens is 2. The van der Waals surface area contributed by atoms with Gasteiger partial charge in [0.1, 0.15) is 11.3 Å². The SMILES string of the molecule is Cc1cccc(CCc2nc3c(N)cc(Cl)cc3[nH]2)c1. The Morgan fingerprint density at radius 1 is 1.20 bits per heavy atom. The van der Waals surface area contributed by atoms with Crippen LogP contribution in [0.2, 0.25) is 5.02 Å². The number of nitrogens with zero attached hydrogens (tertiary/aromatic N) is 1. The molecule has 3 N–H and O–H groups in total. The maximum Gasteiger partial charge on any atom is 0.112 e. The Kier molecular flexibility index (Phi) is 3.36. The number of aromatic amines is 1. The minimum absolute atomic E-state index is 0.616. The van der Waals surface area contributed by atoms with Gasteiger partial charge in [-0.25, -0.2) is 4.98 Å². The first kappa shape index (κ1) is 13.0. The van der Waals surface area contributed by atoms with E-state index >= 15 is 0 Å². The molecule has 3 rings (SSSR count). The van der Waals surface area contributed by atoms with Gasteiger partial charge in [-0.1, -0.05) is 41.4 Å². The second kappa shape index (κ2) is 5.17. The number of anilines is 1. The minimum atomic E-state index is 0.616. The number of imidazole rings is 1. The zero-order valence-electron chi connectivity index (χ0n) is 11.3. The van der Waals surface area contributed by atoms with Gasteiger partial charge < -0.3 is 10.7 Å². The van der Waals surface area contributed by atoms with Crippen LogP contribution < -0.4 is 5.73 Å². The summed E-state index contributed by atoms with van der Waals surface area (Å²) in [6, 6.07) is 12.1. The molecule has 20 heavy (non-hydrogen) atoms. The Hall–Kier alpha value is -2.00. The van der Waals surface area contributed by atoms with E-state index in [1.807, 2.05) is 6.07 Å².